The van der Waals surface area contributed by atoms with Crippen molar-refractivity contribution in [2.75, 3.05) is 11.9 Å². The average Bonchev–Trinajstić information content (AvgIpc) is 2.66. The summed E-state index contributed by atoms with van der Waals surface area (Å²) >= 11 is 0. The van der Waals surface area contributed by atoms with Crippen LogP contribution < -0.4 is 15.4 Å². The zero-order valence-corrected chi connectivity index (χ0v) is 18.3. The topological polar surface area (TPSA) is 125 Å². The molecule has 0 aliphatic carbocycles. The first kappa shape index (κ1) is 24.4. The van der Waals surface area contributed by atoms with Crippen molar-refractivity contribution in [2.24, 2.45) is 0 Å². The lowest BCUT2D eigenvalue weighted by Crippen LogP contribution is -2.44. The molecule has 8 nitrogen and oxygen atoms in total. The predicted octanol–water partition coefficient (Wildman–Crippen LogP) is 2.02. The summed E-state index contributed by atoms with van der Waals surface area (Å²) in [5, 5.41) is 14.3. The molecule has 168 valence electrons. The molecule has 10 heteroatoms. The Morgan fingerprint density at radius 3 is 2.13 bits per heavy atom. The van der Waals surface area contributed by atoms with E-state index in [2.05, 4.69) is 15.4 Å². The highest BCUT2D eigenvalue weighted by Crippen LogP contribution is 2.17. The van der Waals surface area contributed by atoms with E-state index in [-0.39, 0.29) is 23.5 Å². The zero-order valence-electron chi connectivity index (χ0n) is 17.5. The average molecular weight is 452 g/mol. The Labute approximate surface area is 180 Å². The van der Waals surface area contributed by atoms with Gasteiger partial charge in [0.25, 0.3) is 5.91 Å². The molecule has 0 fully saturated rings. The number of anilines is 1. The van der Waals surface area contributed by atoms with Crippen LogP contribution in [0.3, 0.4) is 0 Å². The maximum Gasteiger partial charge on any atom is 0.251 e. The normalized spacial score (nSPS) is 12.8. The van der Waals surface area contributed by atoms with E-state index in [4.69, 9.17) is 0 Å². The number of sulfonamides is 1. The van der Waals surface area contributed by atoms with E-state index in [9.17, 15) is 27.5 Å². The Morgan fingerprint density at radius 1 is 1.03 bits per heavy atom. The van der Waals surface area contributed by atoms with Gasteiger partial charge in [-0.25, -0.2) is 17.5 Å². The highest BCUT2D eigenvalue weighted by Gasteiger charge is 2.23. The number of benzene rings is 2. The number of rotatable bonds is 8. The summed E-state index contributed by atoms with van der Waals surface area (Å²) in [4.78, 5) is 24.9. The van der Waals surface area contributed by atoms with Gasteiger partial charge in [-0.15, -0.1) is 0 Å². The van der Waals surface area contributed by atoms with Crippen LogP contribution in [0, 0.1) is 5.82 Å². The fourth-order valence-electron chi connectivity index (χ4n) is 2.65. The number of carbonyl (C=O) groups is 2. The van der Waals surface area contributed by atoms with Gasteiger partial charge in [-0.05, 0) is 75.7 Å². The van der Waals surface area contributed by atoms with Crippen LogP contribution in [0.2, 0.25) is 0 Å². The summed E-state index contributed by atoms with van der Waals surface area (Å²) in [5.41, 5.74) is -0.164. The molecule has 1 atom stereocenters. The standard InChI is InChI=1S/C21H26FN3O5S/c1-21(2,3)25-31(29,30)17-10-8-16(9-11-17)23-20(28)18(12-13-26)24-19(27)14-4-6-15(22)7-5-14/h4-11,18,25-26H,12-13H2,1-3H3,(H,23,28)(H,24,27)/t18-/m0/s1. The number of amides is 2. The van der Waals surface area contributed by atoms with Crippen molar-refractivity contribution < 1.29 is 27.5 Å². The van der Waals surface area contributed by atoms with E-state index in [0.29, 0.717) is 5.69 Å². The lowest BCUT2D eigenvalue weighted by Gasteiger charge is -2.20. The number of aliphatic hydroxyl groups is 1. The SMILES string of the molecule is CC(C)(C)NS(=O)(=O)c1ccc(NC(=O)[C@H](CCO)NC(=O)c2ccc(F)cc2)cc1. The molecule has 0 saturated carbocycles. The van der Waals surface area contributed by atoms with Crippen LogP contribution in [0.1, 0.15) is 37.6 Å². The highest BCUT2D eigenvalue weighted by molar-refractivity contribution is 7.89. The van der Waals surface area contributed by atoms with Crippen LogP contribution in [-0.4, -0.2) is 43.5 Å². The second-order valence-corrected chi connectivity index (χ2v) is 9.60. The Bertz CT molecular complexity index is 1020. The summed E-state index contributed by atoms with van der Waals surface area (Å²) in [5.74, 6) is -1.68. The molecule has 0 saturated heterocycles. The second-order valence-electron chi connectivity index (χ2n) is 7.91. The minimum Gasteiger partial charge on any atom is -0.396 e. The van der Waals surface area contributed by atoms with Crippen LogP contribution in [-0.2, 0) is 14.8 Å². The monoisotopic (exact) mass is 451 g/mol. The van der Waals surface area contributed by atoms with Crippen LogP contribution in [0.5, 0.6) is 0 Å². The molecule has 4 N–H and O–H groups in total. The molecule has 2 aromatic carbocycles. The number of hydrogen-bond acceptors (Lipinski definition) is 5. The molecule has 0 radical (unpaired) electrons. The van der Waals surface area contributed by atoms with E-state index in [1.807, 2.05) is 0 Å². The van der Waals surface area contributed by atoms with Crippen molar-refractivity contribution in [3.05, 3.63) is 59.9 Å². The van der Waals surface area contributed by atoms with Gasteiger partial charge in [0.05, 0.1) is 4.90 Å². The zero-order chi connectivity index (χ0) is 23.2. The van der Waals surface area contributed by atoms with E-state index >= 15 is 0 Å². The minimum absolute atomic E-state index is 0.0388. The molecule has 2 aromatic rings. The molecule has 0 aliphatic rings. The molecule has 31 heavy (non-hydrogen) atoms. The van der Waals surface area contributed by atoms with Gasteiger partial charge >= 0.3 is 0 Å². The maximum absolute atomic E-state index is 13.0. The molecular weight excluding hydrogens is 425 g/mol. The van der Waals surface area contributed by atoms with Gasteiger partial charge in [-0.1, -0.05) is 0 Å². The fraction of sp³-hybridized carbons (Fsp3) is 0.333. The number of nitrogens with one attached hydrogen (secondary N) is 3. The molecular formula is C21H26FN3O5S. The Balaban J connectivity index is 2.08. The van der Waals surface area contributed by atoms with Crippen molar-refractivity contribution >= 4 is 27.5 Å². The summed E-state index contributed by atoms with van der Waals surface area (Å²) in [7, 11) is -3.72. The molecule has 0 aromatic heterocycles. The van der Waals surface area contributed by atoms with Gasteiger partial charge in [0.1, 0.15) is 11.9 Å². The van der Waals surface area contributed by atoms with E-state index in [1.54, 1.807) is 20.8 Å². The summed E-state index contributed by atoms with van der Waals surface area (Å²) in [6, 6.07) is 9.31. The molecule has 0 bridgehead atoms. The van der Waals surface area contributed by atoms with Gasteiger partial charge in [-0.3, -0.25) is 9.59 Å². The lowest BCUT2D eigenvalue weighted by molar-refractivity contribution is -0.118. The largest absolute Gasteiger partial charge is 0.396 e. The first-order valence-electron chi connectivity index (χ1n) is 9.53. The number of carbonyl (C=O) groups excluding carboxylic acids is 2. The smallest absolute Gasteiger partial charge is 0.251 e. The Hall–Kier alpha value is -2.82. The van der Waals surface area contributed by atoms with Crippen molar-refractivity contribution in [3.8, 4) is 0 Å². The molecule has 0 unspecified atom stereocenters. The van der Waals surface area contributed by atoms with Crippen LogP contribution in [0.15, 0.2) is 53.4 Å². The van der Waals surface area contributed by atoms with Crippen LogP contribution in [0.4, 0.5) is 10.1 Å². The van der Waals surface area contributed by atoms with Gasteiger partial charge in [0.15, 0.2) is 0 Å². The van der Waals surface area contributed by atoms with Crippen molar-refractivity contribution in [1.29, 1.82) is 0 Å². The lowest BCUT2D eigenvalue weighted by atomic mass is 10.1. The molecule has 0 heterocycles. The van der Waals surface area contributed by atoms with Crippen LogP contribution >= 0.6 is 0 Å². The third kappa shape index (κ3) is 7.42. The third-order valence-corrected chi connectivity index (χ3v) is 5.79. The molecule has 0 aliphatic heterocycles. The second kappa shape index (κ2) is 9.99. The quantitative estimate of drug-likeness (QED) is 0.489. The van der Waals surface area contributed by atoms with Crippen molar-refractivity contribution in [2.45, 2.75) is 43.7 Å². The van der Waals surface area contributed by atoms with Gasteiger partial charge in [0, 0.05) is 23.4 Å². The summed E-state index contributed by atoms with van der Waals surface area (Å²) in [6.45, 7) is 4.82. The minimum atomic E-state index is -3.72. The third-order valence-electron chi connectivity index (χ3n) is 4.02. The van der Waals surface area contributed by atoms with E-state index in [0.717, 1.165) is 12.1 Å². The molecule has 2 rings (SSSR count). The van der Waals surface area contributed by atoms with Gasteiger partial charge in [0.2, 0.25) is 15.9 Å². The number of aliphatic hydroxyl groups excluding tert-OH is 1. The Kier molecular flexibility index (Phi) is 7.88. The van der Waals surface area contributed by atoms with Crippen molar-refractivity contribution in [3.63, 3.8) is 0 Å². The van der Waals surface area contributed by atoms with Crippen molar-refractivity contribution in [1.82, 2.24) is 10.0 Å². The number of halogens is 1. The van der Waals surface area contributed by atoms with Gasteiger partial charge in [-0.2, -0.15) is 0 Å². The maximum atomic E-state index is 13.0. The molecule has 0 spiro atoms. The van der Waals surface area contributed by atoms with E-state index < -0.39 is 39.2 Å². The molecule has 2 amide bonds. The Morgan fingerprint density at radius 2 is 1.61 bits per heavy atom. The predicted molar refractivity (Wildman–Crippen MR) is 115 cm³/mol. The first-order chi connectivity index (χ1) is 14.4. The van der Waals surface area contributed by atoms with Crippen LogP contribution in [0.25, 0.3) is 0 Å². The summed E-state index contributed by atoms with van der Waals surface area (Å²) < 4.78 is 40.3. The number of hydrogen-bond donors (Lipinski definition) is 4. The fourth-order valence-corrected chi connectivity index (χ4v) is 4.07. The first-order valence-corrected chi connectivity index (χ1v) is 11.0. The van der Waals surface area contributed by atoms with E-state index in [1.165, 1.54) is 36.4 Å². The highest BCUT2D eigenvalue weighted by atomic mass is 32.2. The summed E-state index contributed by atoms with van der Waals surface area (Å²) in [6.07, 6.45) is -0.0409. The van der Waals surface area contributed by atoms with Gasteiger partial charge < -0.3 is 15.7 Å².